The fourth-order valence-corrected chi connectivity index (χ4v) is 4.79. The van der Waals surface area contributed by atoms with Crippen LogP contribution in [0.4, 0.5) is 17.5 Å². The molecule has 0 amide bonds. The third-order valence-corrected chi connectivity index (χ3v) is 6.56. The summed E-state index contributed by atoms with van der Waals surface area (Å²) in [5, 5.41) is 37.2. The van der Waals surface area contributed by atoms with Gasteiger partial charge in [-0.2, -0.15) is 4.98 Å². The zero-order chi connectivity index (χ0) is 22.1. The van der Waals surface area contributed by atoms with E-state index < -0.39 is 24.2 Å². The third kappa shape index (κ3) is 3.98. The maximum absolute atomic E-state index is 10.5. The zero-order valence-corrected chi connectivity index (χ0v) is 17.6. The van der Waals surface area contributed by atoms with E-state index in [-0.39, 0.29) is 6.61 Å². The Balaban J connectivity index is 1.52. The Bertz CT molecular complexity index is 1190. The topological polar surface area (TPSA) is 149 Å². The molecule has 1 fully saturated rings. The van der Waals surface area contributed by atoms with Crippen molar-refractivity contribution in [2.24, 2.45) is 5.92 Å². The summed E-state index contributed by atoms with van der Waals surface area (Å²) in [4.78, 5) is 21.7. The minimum Gasteiger partial charge on any atom is -0.396 e. The van der Waals surface area contributed by atoms with Gasteiger partial charge in [0.05, 0.1) is 46.0 Å². The normalized spacial score (nSPS) is 22.8. The molecule has 0 spiro atoms. The minimum atomic E-state index is -1.04. The monoisotopic (exact) mass is 451 g/mol. The first-order chi connectivity index (χ1) is 15.6. The van der Waals surface area contributed by atoms with Crippen molar-refractivity contribution in [1.82, 2.24) is 24.9 Å². The van der Waals surface area contributed by atoms with Gasteiger partial charge in [0.1, 0.15) is 23.3 Å². The number of nitrogens with one attached hydrogen (secondary N) is 2. The minimum absolute atomic E-state index is 0.203. The molecule has 1 saturated carbocycles. The van der Waals surface area contributed by atoms with Gasteiger partial charge in [-0.15, -0.1) is 11.3 Å². The number of thiazole rings is 1. The van der Waals surface area contributed by atoms with Gasteiger partial charge in [0.25, 0.3) is 0 Å². The van der Waals surface area contributed by atoms with Crippen molar-refractivity contribution in [1.29, 1.82) is 0 Å². The van der Waals surface area contributed by atoms with Gasteiger partial charge < -0.3 is 26.0 Å². The maximum Gasteiger partial charge on any atom is 0.229 e. The first-order valence-electron chi connectivity index (χ1n) is 10.1. The lowest BCUT2D eigenvalue weighted by atomic mass is 10.1. The number of fused-ring (bicyclic) bond motifs is 1. The maximum atomic E-state index is 10.5. The van der Waals surface area contributed by atoms with Crippen LogP contribution in [0.1, 0.15) is 6.42 Å². The van der Waals surface area contributed by atoms with E-state index in [0.29, 0.717) is 29.4 Å². The van der Waals surface area contributed by atoms with Gasteiger partial charge in [-0.3, -0.25) is 0 Å². The molecule has 32 heavy (non-hydrogen) atoms. The van der Waals surface area contributed by atoms with E-state index in [1.165, 1.54) is 17.7 Å². The average Bonchev–Trinajstić information content (AvgIpc) is 3.36. The summed E-state index contributed by atoms with van der Waals surface area (Å²) in [6.45, 7) is -0.203. The molecule has 5 N–H and O–H groups in total. The van der Waals surface area contributed by atoms with Crippen molar-refractivity contribution in [2.75, 3.05) is 17.2 Å². The van der Waals surface area contributed by atoms with Crippen LogP contribution in [0.15, 0.2) is 49.2 Å². The Hall–Kier alpha value is -3.25. The van der Waals surface area contributed by atoms with Crippen LogP contribution in [-0.4, -0.2) is 65.1 Å². The molecule has 3 aromatic heterocycles. The zero-order valence-electron chi connectivity index (χ0n) is 16.8. The molecule has 0 aliphatic heterocycles. The smallest absolute Gasteiger partial charge is 0.229 e. The lowest BCUT2D eigenvalue weighted by Crippen LogP contribution is -2.35. The van der Waals surface area contributed by atoms with E-state index >= 15 is 0 Å². The number of aliphatic hydroxyl groups is 3. The number of hydrogen-bond donors (Lipinski definition) is 5. The van der Waals surface area contributed by atoms with Crippen LogP contribution in [0.2, 0.25) is 0 Å². The second kappa shape index (κ2) is 8.71. The predicted octanol–water partition coefficient (Wildman–Crippen LogP) is 1.80. The van der Waals surface area contributed by atoms with Gasteiger partial charge in [-0.25, -0.2) is 19.9 Å². The summed E-state index contributed by atoms with van der Waals surface area (Å²) in [6.07, 6.45) is 4.66. The lowest BCUT2D eigenvalue weighted by molar-refractivity contribution is 0.00446. The van der Waals surface area contributed by atoms with E-state index in [0.717, 1.165) is 15.2 Å². The molecular weight excluding hydrogens is 430 g/mol. The molecule has 0 saturated heterocycles. The molecule has 0 unspecified atom stereocenters. The van der Waals surface area contributed by atoms with Crippen LogP contribution in [0.5, 0.6) is 0 Å². The van der Waals surface area contributed by atoms with Crippen LogP contribution >= 0.6 is 11.3 Å². The van der Waals surface area contributed by atoms with Crippen LogP contribution in [0.3, 0.4) is 0 Å². The number of aliphatic hydroxyl groups excluding tert-OH is 3. The van der Waals surface area contributed by atoms with Crippen LogP contribution in [0.25, 0.3) is 20.8 Å². The van der Waals surface area contributed by atoms with Gasteiger partial charge in [-0.05, 0) is 18.6 Å². The molecular formula is C21H21N7O3S. The fourth-order valence-electron chi connectivity index (χ4n) is 3.81. The lowest BCUT2D eigenvalue weighted by Gasteiger charge is -2.20. The van der Waals surface area contributed by atoms with Gasteiger partial charge >= 0.3 is 0 Å². The highest BCUT2D eigenvalue weighted by atomic mass is 32.1. The number of hydrogen-bond acceptors (Lipinski definition) is 11. The van der Waals surface area contributed by atoms with E-state index in [1.807, 2.05) is 24.3 Å². The van der Waals surface area contributed by atoms with Crippen molar-refractivity contribution in [3.05, 3.63) is 49.2 Å². The van der Waals surface area contributed by atoms with Gasteiger partial charge in [0.15, 0.2) is 0 Å². The standard InChI is InChI=1S/C21H21N7O3S/c29-9-11-5-15(18(31)17(11)30)26-19-13(20-27-14-3-1-2-4-16(14)32-20)8-24-21(28-19)25-12-6-22-10-23-7-12/h1-4,6-8,10-11,15,17-18,29-31H,5,9H2,(H2,24,25,26,28)/t11-,15-,17-,18+/m1/s1. The Labute approximate surface area is 187 Å². The van der Waals surface area contributed by atoms with Crippen molar-refractivity contribution in [3.8, 4) is 10.6 Å². The fraction of sp³-hybridized carbons (Fsp3) is 0.286. The van der Waals surface area contributed by atoms with Crippen molar-refractivity contribution in [3.63, 3.8) is 0 Å². The van der Waals surface area contributed by atoms with E-state index in [9.17, 15) is 15.3 Å². The molecule has 0 bridgehead atoms. The van der Waals surface area contributed by atoms with Gasteiger partial charge in [-0.1, -0.05) is 12.1 Å². The third-order valence-electron chi connectivity index (χ3n) is 5.49. The van der Waals surface area contributed by atoms with Crippen molar-refractivity contribution in [2.45, 2.75) is 24.7 Å². The number of benzene rings is 1. The summed E-state index contributed by atoms with van der Waals surface area (Å²) >= 11 is 1.52. The van der Waals surface area contributed by atoms with Gasteiger partial charge in [0.2, 0.25) is 5.95 Å². The van der Waals surface area contributed by atoms with Gasteiger partial charge in [0, 0.05) is 18.7 Å². The molecule has 4 atom stereocenters. The first-order valence-corrected chi connectivity index (χ1v) is 10.9. The molecule has 1 aromatic carbocycles. The van der Waals surface area contributed by atoms with E-state index in [1.54, 1.807) is 18.6 Å². The van der Waals surface area contributed by atoms with Crippen LogP contribution in [0, 0.1) is 5.92 Å². The Morgan fingerprint density at radius 2 is 1.84 bits per heavy atom. The highest BCUT2D eigenvalue weighted by Crippen LogP contribution is 2.36. The van der Waals surface area contributed by atoms with Crippen molar-refractivity contribution >= 4 is 39.0 Å². The second-order valence-corrected chi connectivity index (χ2v) is 8.64. The number of rotatable bonds is 6. The van der Waals surface area contributed by atoms with Crippen LogP contribution < -0.4 is 10.6 Å². The average molecular weight is 452 g/mol. The molecule has 1 aliphatic carbocycles. The summed E-state index contributed by atoms with van der Waals surface area (Å²) in [7, 11) is 0. The SMILES string of the molecule is OC[C@H]1C[C@@H](Nc2nc(Nc3cncnc3)ncc2-c2nc3ccccc3s2)[C@H](O)[C@@H]1O. The Kier molecular flexibility index (Phi) is 5.62. The highest BCUT2D eigenvalue weighted by Gasteiger charge is 2.41. The van der Waals surface area contributed by atoms with E-state index in [4.69, 9.17) is 4.98 Å². The largest absolute Gasteiger partial charge is 0.396 e. The number of anilines is 3. The number of nitrogens with zero attached hydrogens (tertiary/aromatic N) is 5. The second-order valence-electron chi connectivity index (χ2n) is 7.61. The Morgan fingerprint density at radius 3 is 2.59 bits per heavy atom. The molecule has 164 valence electrons. The number of aromatic nitrogens is 5. The predicted molar refractivity (Wildman–Crippen MR) is 121 cm³/mol. The van der Waals surface area contributed by atoms with Crippen molar-refractivity contribution < 1.29 is 15.3 Å². The molecule has 3 heterocycles. The molecule has 1 aliphatic rings. The molecule has 4 aromatic rings. The summed E-state index contributed by atoms with van der Waals surface area (Å²) in [6, 6.07) is 7.34. The Morgan fingerprint density at radius 1 is 1.03 bits per heavy atom. The molecule has 11 heteroatoms. The van der Waals surface area contributed by atoms with Crippen LogP contribution in [-0.2, 0) is 0 Å². The molecule has 0 radical (unpaired) electrons. The highest BCUT2D eigenvalue weighted by molar-refractivity contribution is 7.21. The summed E-state index contributed by atoms with van der Waals surface area (Å²) in [5.41, 5.74) is 2.18. The summed E-state index contributed by atoms with van der Waals surface area (Å²) < 4.78 is 1.04. The van der Waals surface area contributed by atoms with E-state index in [2.05, 4.69) is 30.6 Å². The first kappa shape index (κ1) is 20.6. The molecule has 5 rings (SSSR count). The molecule has 10 nitrogen and oxygen atoms in total. The number of para-hydroxylation sites is 1. The quantitative estimate of drug-likeness (QED) is 0.294. The summed E-state index contributed by atoms with van der Waals surface area (Å²) in [5.74, 6) is 0.376.